The largest absolute Gasteiger partial charge is 0.387 e. The number of benzene rings is 2. The van der Waals surface area contributed by atoms with Crippen LogP contribution in [0.4, 0.5) is 0 Å². The lowest BCUT2D eigenvalue weighted by Gasteiger charge is -2.13. The Morgan fingerprint density at radius 1 is 1.00 bits per heavy atom. The van der Waals surface area contributed by atoms with Crippen molar-refractivity contribution in [1.29, 1.82) is 0 Å². The van der Waals surface area contributed by atoms with Crippen molar-refractivity contribution in [1.82, 2.24) is 4.98 Å². The van der Waals surface area contributed by atoms with Crippen molar-refractivity contribution in [3.63, 3.8) is 0 Å². The van der Waals surface area contributed by atoms with Crippen LogP contribution in [0, 0.1) is 0 Å². The van der Waals surface area contributed by atoms with Gasteiger partial charge in [-0.3, -0.25) is 0 Å². The third-order valence-corrected chi connectivity index (χ3v) is 3.40. The fourth-order valence-electron chi connectivity index (χ4n) is 2.36. The van der Waals surface area contributed by atoms with Crippen LogP contribution in [0.1, 0.15) is 11.7 Å². The van der Waals surface area contributed by atoms with Crippen molar-refractivity contribution < 1.29 is 5.11 Å². The van der Waals surface area contributed by atoms with Crippen LogP contribution in [0.25, 0.3) is 22.2 Å². The van der Waals surface area contributed by atoms with Crippen LogP contribution >= 0.6 is 0 Å². The first-order valence-electron chi connectivity index (χ1n) is 6.63. The van der Waals surface area contributed by atoms with E-state index in [1.807, 2.05) is 60.7 Å². The quantitative estimate of drug-likeness (QED) is 0.764. The Labute approximate surface area is 117 Å². The first kappa shape index (κ1) is 12.8. The van der Waals surface area contributed by atoms with Crippen LogP contribution in [0.3, 0.4) is 0 Å². The SMILES string of the molecule is NCC(O)c1cc(-c2ccccc2)nc2ccccc12. The number of aliphatic hydroxyl groups excluding tert-OH is 1. The summed E-state index contributed by atoms with van der Waals surface area (Å²) < 4.78 is 0. The van der Waals surface area contributed by atoms with Gasteiger partial charge in [-0.1, -0.05) is 48.5 Å². The number of aromatic nitrogens is 1. The first-order chi connectivity index (χ1) is 9.79. The van der Waals surface area contributed by atoms with Gasteiger partial charge >= 0.3 is 0 Å². The molecule has 0 aliphatic rings. The van der Waals surface area contributed by atoms with Gasteiger partial charge in [-0.2, -0.15) is 0 Å². The zero-order chi connectivity index (χ0) is 13.9. The van der Waals surface area contributed by atoms with Crippen LogP contribution in [0.15, 0.2) is 60.7 Å². The van der Waals surface area contributed by atoms with Crippen LogP contribution < -0.4 is 5.73 Å². The van der Waals surface area contributed by atoms with E-state index in [0.717, 1.165) is 27.7 Å². The molecule has 0 fully saturated rings. The molecule has 3 N–H and O–H groups in total. The van der Waals surface area contributed by atoms with Gasteiger partial charge in [0.2, 0.25) is 0 Å². The van der Waals surface area contributed by atoms with Gasteiger partial charge in [0, 0.05) is 17.5 Å². The number of nitrogens with two attached hydrogens (primary N) is 1. The molecular formula is C17H16N2O. The summed E-state index contributed by atoms with van der Waals surface area (Å²) in [7, 11) is 0. The topological polar surface area (TPSA) is 59.1 Å². The highest BCUT2D eigenvalue weighted by molar-refractivity contribution is 5.85. The predicted molar refractivity (Wildman–Crippen MR) is 81.2 cm³/mol. The molecule has 1 unspecified atom stereocenters. The second-order valence-electron chi connectivity index (χ2n) is 4.73. The summed E-state index contributed by atoms with van der Waals surface area (Å²) in [6.07, 6.45) is -0.676. The minimum Gasteiger partial charge on any atom is -0.387 e. The molecule has 20 heavy (non-hydrogen) atoms. The molecular weight excluding hydrogens is 248 g/mol. The average Bonchev–Trinajstić information content (AvgIpc) is 2.54. The number of aliphatic hydroxyl groups is 1. The van der Waals surface area contributed by atoms with Gasteiger partial charge in [0.1, 0.15) is 0 Å². The maximum absolute atomic E-state index is 10.1. The van der Waals surface area contributed by atoms with Gasteiger partial charge in [-0.05, 0) is 17.7 Å². The number of hydrogen-bond donors (Lipinski definition) is 2. The third kappa shape index (κ3) is 2.29. The molecule has 0 aliphatic heterocycles. The molecule has 1 aromatic heterocycles. The maximum Gasteiger partial charge on any atom is 0.0919 e. The summed E-state index contributed by atoms with van der Waals surface area (Å²) in [5.41, 5.74) is 9.20. The number of fused-ring (bicyclic) bond motifs is 1. The Bertz CT molecular complexity index is 725. The summed E-state index contributed by atoms with van der Waals surface area (Å²) in [6.45, 7) is 0.197. The van der Waals surface area contributed by atoms with Crippen LogP contribution in [-0.4, -0.2) is 16.6 Å². The van der Waals surface area contributed by atoms with Crippen molar-refractivity contribution in [2.24, 2.45) is 5.73 Å². The molecule has 0 amide bonds. The predicted octanol–water partition coefficient (Wildman–Crippen LogP) is 2.89. The first-order valence-corrected chi connectivity index (χ1v) is 6.63. The van der Waals surface area contributed by atoms with Gasteiger partial charge in [0.15, 0.2) is 0 Å². The molecule has 0 aliphatic carbocycles. The Kier molecular flexibility index (Phi) is 3.46. The highest BCUT2D eigenvalue weighted by atomic mass is 16.3. The van der Waals surface area contributed by atoms with Gasteiger partial charge in [-0.25, -0.2) is 4.98 Å². The van der Waals surface area contributed by atoms with E-state index in [-0.39, 0.29) is 6.54 Å². The Hall–Kier alpha value is -2.23. The number of hydrogen-bond acceptors (Lipinski definition) is 3. The minimum absolute atomic E-state index is 0.197. The number of rotatable bonds is 3. The summed E-state index contributed by atoms with van der Waals surface area (Å²) in [6, 6.07) is 19.7. The second-order valence-corrected chi connectivity index (χ2v) is 4.73. The second kappa shape index (κ2) is 5.41. The number of pyridine rings is 1. The lowest BCUT2D eigenvalue weighted by atomic mass is 10.0. The average molecular weight is 264 g/mol. The number of nitrogens with zero attached hydrogens (tertiary/aromatic N) is 1. The van der Waals surface area contributed by atoms with E-state index in [1.54, 1.807) is 0 Å². The molecule has 0 saturated heterocycles. The van der Waals surface area contributed by atoms with Crippen molar-refractivity contribution in [2.75, 3.05) is 6.54 Å². The molecule has 1 atom stereocenters. The van der Waals surface area contributed by atoms with Gasteiger partial charge in [-0.15, -0.1) is 0 Å². The monoisotopic (exact) mass is 264 g/mol. The fourth-order valence-corrected chi connectivity index (χ4v) is 2.36. The van der Waals surface area contributed by atoms with Gasteiger partial charge in [0.05, 0.1) is 17.3 Å². The van der Waals surface area contributed by atoms with E-state index >= 15 is 0 Å². The molecule has 3 nitrogen and oxygen atoms in total. The maximum atomic E-state index is 10.1. The highest BCUT2D eigenvalue weighted by Crippen LogP contribution is 2.28. The summed E-state index contributed by atoms with van der Waals surface area (Å²) in [5, 5.41) is 11.1. The summed E-state index contributed by atoms with van der Waals surface area (Å²) in [5.74, 6) is 0. The van der Waals surface area contributed by atoms with E-state index in [2.05, 4.69) is 4.98 Å². The fraction of sp³-hybridized carbons (Fsp3) is 0.118. The van der Waals surface area contributed by atoms with Crippen LogP contribution in [0.5, 0.6) is 0 Å². The third-order valence-electron chi connectivity index (χ3n) is 3.40. The smallest absolute Gasteiger partial charge is 0.0919 e. The molecule has 0 saturated carbocycles. The summed E-state index contributed by atoms with van der Waals surface area (Å²) >= 11 is 0. The standard InChI is InChI=1S/C17H16N2O/c18-11-17(20)14-10-16(12-6-2-1-3-7-12)19-15-9-5-4-8-13(14)15/h1-10,17,20H,11,18H2. The van der Waals surface area contributed by atoms with Crippen molar-refractivity contribution >= 4 is 10.9 Å². The van der Waals surface area contributed by atoms with E-state index in [4.69, 9.17) is 5.73 Å². The molecule has 3 heteroatoms. The molecule has 1 heterocycles. The highest BCUT2D eigenvalue weighted by Gasteiger charge is 2.12. The Morgan fingerprint density at radius 2 is 1.70 bits per heavy atom. The Morgan fingerprint density at radius 3 is 2.45 bits per heavy atom. The van der Waals surface area contributed by atoms with Gasteiger partial charge < -0.3 is 10.8 Å². The molecule has 2 aromatic carbocycles. The lowest BCUT2D eigenvalue weighted by molar-refractivity contribution is 0.188. The van der Waals surface area contributed by atoms with E-state index in [0.29, 0.717) is 0 Å². The zero-order valence-electron chi connectivity index (χ0n) is 11.0. The molecule has 0 radical (unpaired) electrons. The van der Waals surface area contributed by atoms with Crippen molar-refractivity contribution in [3.05, 3.63) is 66.2 Å². The zero-order valence-corrected chi connectivity index (χ0v) is 11.0. The van der Waals surface area contributed by atoms with E-state index in [9.17, 15) is 5.11 Å². The van der Waals surface area contributed by atoms with Gasteiger partial charge in [0.25, 0.3) is 0 Å². The molecule has 3 rings (SSSR count). The summed E-state index contributed by atoms with van der Waals surface area (Å²) in [4.78, 5) is 4.67. The lowest BCUT2D eigenvalue weighted by Crippen LogP contribution is -2.12. The molecule has 0 spiro atoms. The molecule has 3 aromatic rings. The number of para-hydroxylation sites is 1. The van der Waals surface area contributed by atoms with Crippen molar-refractivity contribution in [2.45, 2.75) is 6.10 Å². The van der Waals surface area contributed by atoms with Crippen LogP contribution in [0.2, 0.25) is 0 Å². The normalized spacial score (nSPS) is 12.5. The molecule has 0 bridgehead atoms. The van der Waals surface area contributed by atoms with Crippen molar-refractivity contribution in [3.8, 4) is 11.3 Å². The van der Waals surface area contributed by atoms with E-state index in [1.165, 1.54) is 0 Å². The van der Waals surface area contributed by atoms with Crippen LogP contribution in [-0.2, 0) is 0 Å². The minimum atomic E-state index is -0.676. The van der Waals surface area contributed by atoms with E-state index < -0.39 is 6.10 Å². The molecule has 100 valence electrons. The Balaban J connectivity index is 2.25.